The number of rotatable bonds is 1. The molecule has 2 heteroatoms. The zero-order chi connectivity index (χ0) is 10.8. The van der Waals surface area contributed by atoms with Gasteiger partial charge in [0.15, 0.2) is 0 Å². The maximum Gasteiger partial charge on any atom is 0.0660 e. The Bertz CT molecular complexity index is 213. The van der Waals surface area contributed by atoms with E-state index in [9.17, 15) is 0 Å². The van der Waals surface area contributed by atoms with Crippen LogP contribution >= 0.6 is 0 Å². The normalized spacial score (nSPS) is 27.3. The number of hydrogen-bond donors (Lipinski definition) is 0. The second-order valence-electron chi connectivity index (χ2n) is 5.39. The quantitative estimate of drug-likeness (QED) is 0.598. The van der Waals surface area contributed by atoms with Gasteiger partial charge in [-0.3, -0.25) is 0 Å². The molecular formula is C12H23NO. The molecule has 1 atom stereocenters. The summed E-state index contributed by atoms with van der Waals surface area (Å²) >= 11 is 0. The number of ether oxygens (including phenoxy) is 1. The Labute approximate surface area is 87.9 Å². The van der Waals surface area contributed by atoms with Gasteiger partial charge in [0, 0.05) is 0 Å². The van der Waals surface area contributed by atoms with Crippen molar-refractivity contribution in [1.82, 2.24) is 4.90 Å². The molecule has 0 aromatic carbocycles. The highest BCUT2D eigenvalue weighted by Gasteiger charge is 2.22. The van der Waals surface area contributed by atoms with E-state index in [0.717, 1.165) is 19.6 Å². The average Bonchev–Trinajstić information content (AvgIpc) is 2.01. The van der Waals surface area contributed by atoms with E-state index in [0.29, 0.717) is 6.04 Å². The molecule has 1 aliphatic rings. The number of hydrogen-bond acceptors (Lipinski definition) is 2. The second-order valence-corrected chi connectivity index (χ2v) is 5.39. The molecule has 0 radical (unpaired) electrons. The molecule has 1 fully saturated rings. The Balaban J connectivity index is 2.77. The topological polar surface area (TPSA) is 12.5 Å². The lowest BCUT2D eigenvalue weighted by molar-refractivity contribution is 0.0653. The van der Waals surface area contributed by atoms with Gasteiger partial charge in [-0.05, 0) is 25.9 Å². The van der Waals surface area contributed by atoms with Crippen LogP contribution in [0.2, 0.25) is 0 Å². The summed E-state index contributed by atoms with van der Waals surface area (Å²) in [6.45, 7) is 8.48. The predicted octanol–water partition coefficient (Wildman–Crippen LogP) is 2.31. The van der Waals surface area contributed by atoms with Crippen molar-refractivity contribution in [2.24, 2.45) is 5.41 Å². The van der Waals surface area contributed by atoms with Gasteiger partial charge in [-0.2, -0.15) is 0 Å². The molecule has 82 valence electrons. The maximum absolute atomic E-state index is 5.51. The smallest absolute Gasteiger partial charge is 0.0660 e. The Morgan fingerprint density at radius 3 is 2.50 bits per heavy atom. The minimum absolute atomic E-state index is 0.279. The van der Waals surface area contributed by atoms with E-state index < -0.39 is 0 Å². The van der Waals surface area contributed by atoms with E-state index in [1.165, 1.54) is 5.57 Å². The van der Waals surface area contributed by atoms with Crippen molar-refractivity contribution in [2.75, 3.05) is 27.3 Å². The van der Waals surface area contributed by atoms with Crippen LogP contribution in [0.15, 0.2) is 11.6 Å². The van der Waals surface area contributed by atoms with Crippen LogP contribution in [-0.2, 0) is 4.74 Å². The van der Waals surface area contributed by atoms with E-state index in [2.05, 4.69) is 45.8 Å². The van der Waals surface area contributed by atoms with Crippen LogP contribution in [0.1, 0.15) is 27.2 Å². The van der Waals surface area contributed by atoms with Gasteiger partial charge >= 0.3 is 0 Å². The zero-order valence-corrected chi connectivity index (χ0v) is 10.1. The van der Waals surface area contributed by atoms with Crippen LogP contribution in [-0.4, -0.2) is 38.3 Å². The van der Waals surface area contributed by atoms with E-state index in [-0.39, 0.29) is 5.41 Å². The third-order valence-corrected chi connectivity index (χ3v) is 2.48. The van der Waals surface area contributed by atoms with Crippen LogP contribution in [0.5, 0.6) is 0 Å². The Kier molecular flexibility index (Phi) is 3.73. The maximum atomic E-state index is 5.51. The molecule has 1 heterocycles. The molecule has 1 unspecified atom stereocenters. The monoisotopic (exact) mass is 197 g/mol. The van der Waals surface area contributed by atoms with Gasteiger partial charge in [-0.25, -0.2) is 0 Å². The summed E-state index contributed by atoms with van der Waals surface area (Å²) in [5, 5.41) is 0. The highest BCUT2D eigenvalue weighted by atomic mass is 16.5. The first-order valence-electron chi connectivity index (χ1n) is 5.36. The minimum atomic E-state index is 0.279. The van der Waals surface area contributed by atoms with Crippen molar-refractivity contribution in [3.05, 3.63) is 11.6 Å². The van der Waals surface area contributed by atoms with Crippen LogP contribution in [0.3, 0.4) is 0 Å². The number of likely N-dealkylation sites (N-methyl/N-ethyl adjacent to an activating group) is 1. The van der Waals surface area contributed by atoms with Crippen molar-refractivity contribution in [3.8, 4) is 0 Å². The van der Waals surface area contributed by atoms with Crippen LogP contribution in [0.25, 0.3) is 0 Å². The molecular weight excluding hydrogens is 174 g/mol. The van der Waals surface area contributed by atoms with E-state index in [1.807, 2.05) is 0 Å². The summed E-state index contributed by atoms with van der Waals surface area (Å²) in [6.07, 6.45) is 3.49. The van der Waals surface area contributed by atoms with Gasteiger partial charge in [0.2, 0.25) is 0 Å². The fraction of sp³-hybridized carbons (Fsp3) is 0.833. The summed E-state index contributed by atoms with van der Waals surface area (Å²) in [7, 11) is 4.24. The van der Waals surface area contributed by atoms with Crippen LogP contribution < -0.4 is 0 Å². The predicted molar refractivity (Wildman–Crippen MR) is 60.4 cm³/mol. The summed E-state index contributed by atoms with van der Waals surface area (Å²) in [5.41, 5.74) is 1.81. The van der Waals surface area contributed by atoms with Gasteiger partial charge in [0.25, 0.3) is 0 Å². The highest BCUT2D eigenvalue weighted by Crippen LogP contribution is 2.25. The fourth-order valence-electron chi connectivity index (χ4n) is 1.86. The molecule has 1 aliphatic heterocycles. The lowest BCUT2D eigenvalue weighted by Gasteiger charge is -2.32. The first-order chi connectivity index (χ1) is 6.40. The largest absolute Gasteiger partial charge is 0.379 e. The SMILES string of the molecule is CN(C)C1COCC/C1=C\C(C)(C)C. The molecule has 0 amide bonds. The Morgan fingerprint density at radius 2 is 2.00 bits per heavy atom. The first-order valence-corrected chi connectivity index (χ1v) is 5.36. The number of allylic oxidation sites excluding steroid dienone is 1. The minimum Gasteiger partial charge on any atom is -0.379 e. The Morgan fingerprint density at radius 1 is 1.36 bits per heavy atom. The molecule has 0 bridgehead atoms. The van der Waals surface area contributed by atoms with Gasteiger partial charge in [0.1, 0.15) is 0 Å². The van der Waals surface area contributed by atoms with Crippen molar-refractivity contribution < 1.29 is 4.74 Å². The first kappa shape index (κ1) is 11.7. The van der Waals surface area contributed by atoms with E-state index >= 15 is 0 Å². The molecule has 0 N–H and O–H groups in total. The summed E-state index contributed by atoms with van der Waals surface area (Å²) in [5.74, 6) is 0. The summed E-state index contributed by atoms with van der Waals surface area (Å²) < 4.78 is 5.51. The van der Waals surface area contributed by atoms with Gasteiger partial charge in [-0.15, -0.1) is 0 Å². The van der Waals surface area contributed by atoms with Gasteiger partial charge in [-0.1, -0.05) is 32.4 Å². The van der Waals surface area contributed by atoms with E-state index in [1.54, 1.807) is 0 Å². The van der Waals surface area contributed by atoms with Crippen molar-refractivity contribution in [2.45, 2.75) is 33.2 Å². The van der Waals surface area contributed by atoms with Crippen molar-refractivity contribution in [1.29, 1.82) is 0 Å². The fourth-order valence-corrected chi connectivity index (χ4v) is 1.86. The van der Waals surface area contributed by atoms with Gasteiger partial charge < -0.3 is 9.64 Å². The second kappa shape index (κ2) is 4.45. The lowest BCUT2D eigenvalue weighted by atomic mass is 9.89. The highest BCUT2D eigenvalue weighted by molar-refractivity contribution is 5.16. The van der Waals surface area contributed by atoms with Crippen LogP contribution in [0, 0.1) is 5.41 Å². The molecule has 2 nitrogen and oxygen atoms in total. The molecule has 0 aliphatic carbocycles. The molecule has 0 aromatic rings. The average molecular weight is 197 g/mol. The van der Waals surface area contributed by atoms with Crippen LogP contribution in [0.4, 0.5) is 0 Å². The molecule has 0 aromatic heterocycles. The third-order valence-electron chi connectivity index (χ3n) is 2.48. The summed E-state index contributed by atoms with van der Waals surface area (Å²) in [6, 6.07) is 0.475. The molecule has 14 heavy (non-hydrogen) atoms. The van der Waals surface area contributed by atoms with Gasteiger partial charge in [0.05, 0.1) is 19.3 Å². The van der Waals surface area contributed by atoms with Crippen molar-refractivity contribution in [3.63, 3.8) is 0 Å². The zero-order valence-electron chi connectivity index (χ0n) is 10.1. The molecule has 1 rings (SSSR count). The summed E-state index contributed by atoms with van der Waals surface area (Å²) in [4.78, 5) is 2.25. The third kappa shape index (κ3) is 3.43. The molecule has 0 spiro atoms. The lowest BCUT2D eigenvalue weighted by Crippen LogP contribution is -2.38. The molecule has 1 saturated heterocycles. The van der Waals surface area contributed by atoms with Crippen molar-refractivity contribution >= 4 is 0 Å². The molecule has 0 saturated carbocycles. The number of nitrogens with zero attached hydrogens (tertiary/aromatic N) is 1. The standard InChI is InChI=1S/C12H23NO/c1-12(2,3)8-10-6-7-14-9-11(10)13(4)5/h8,11H,6-7,9H2,1-5H3/b10-8+. The Hall–Kier alpha value is -0.340. The van der Waals surface area contributed by atoms with E-state index in [4.69, 9.17) is 4.74 Å².